The molecule has 2 aromatic heterocycles. The number of carbonyl (C=O) groups excluding carboxylic acids is 1. The lowest BCUT2D eigenvalue weighted by Gasteiger charge is -2.30. The summed E-state index contributed by atoms with van der Waals surface area (Å²) in [6.07, 6.45) is 6.60. The second kappa shape index (κ2) is 6.78. The number of amides is 1. The van der Waals surface area contributed by atoms with Crippen LogP contribution >= 0.6 is 0 Å². The highest BCUT2D eigenvalue weighted by Gasteiger charge is 2.30. The fourth-order valence-corrected chi connectivity index (χ4v) is 3.47. The number of hydrogen-bond acceptors (Lipinski definition) is 5. The first kappa shape index (κ1) is 16.0. The van der Waals surface area contributed by atoms with E-state index < -0.39 is 0 Å². The van der Waals surface area contributed by atoms with Crippen LogP contribution in [0.4, 0.5) is 5.95 Å². The SMILES string of the molecule is CC1CCN(c2ncc3c(n2)CN(CCc2ccccn2)C3=O)CC1. The summed E-state index contributed by atoms with van der Waals surface area (Å²) in [4.78, 5) is 30.1. The average molecular weight is 337 g/mol. The molecule has 6 nitrogen and oxygen atoms in total. The normalized spacial score (nSPS) is 17.9. The Morgan fingerprint density at radius 1 is 1.20 bits per heavy atom. The maximum absolute atomic E-state index is 12.6. The minimum atomic E-state index is 0.0322. The van der Waals surface area contributed by atoms with Crippen molar-refractivity contribution < 1.29 is 4.79 Å². The molecule has 2 aliphatic rings. The van der Waals surface area contributed by atoms with Gasteiger partial charge in [0.05, 0.1) is 17.8 Å². The molecule has 0 aromatic carbocycles. The molecule has 1 saturated heterocycles. The summed E-state index contributed by atoms with van der Waals surface area (Å²) in [5.41, 5.74) is 2.50. The highest BCUT2D eigenvalue weighted by Crippen LogP contribution is 2.25. The lowest BCUT2D eigenvalue weighted by Crippen LogP contribution is -2.34. The van der Waals surface area contributed by atoms with Crippen molar-refractivity contribution in [3.05, 3.63) is 47.5 Å². The van der Waals surface area contributed by atoms with Crippen LogP contribution in [0.15, 0.2) is 30.6 Å². The third-order valence-corrected chi connectivity index (χ3v) is 5.14. The maximum atomic E-state index is 12.6. The summed E-state index contributed by atoms with van der Waals surface area (Å²) in [6.45, 7) is 5.51. The van der Waals surface area contributed by atoms with Gasteiger partial charge < -0.3 is 9.80 Å². The van der Waals surface area contributed by atoms with Crippen LogP contribution in [0.25, 0.3) is 0 Å². The smallest absolute Gasteiger partial charge is 0.257 e. The molecular formula is C19H23N5O. The quantitative estimate of drug-likeness (QED) is 0.857. The zero-order chi connectivity index (χ0) is 17.2. The third kappa shape index (κ3) is 3.34. The van der Waals surface area contributed by atoms with Gasteiger partial charge >= 0.3 is 0 Å². The molecule has 4 heterocycles. The fourth-order valence-electron chi connectivity index (χ4n) is 3.47. The van der Waals surface area contributed by atoms with Crippen LogP contribution in [0.2, 0.25) is 0 Å². The van der Waals surface area contributed by atoms with Gasteiger partial charge in [0.15, 0.2) is 0 Å². The number of rotatable bonds is 4. The van der Waals surface area contributed by atoms with E-state index in [4.69, 9.17) is 4.98 Å². The van der Waals surface area contributed by atoms with E-state index in [9.17, 15) is 4.79 Å². The second-order valence-electron chi connectivity index (χ2n) is 7.00. The number of aromatic nitrogens is 3. The Bertz CT molecular complexity index is 756. The fraction of sp³-hybridized carbons (Fsp3) is 0.474. The summed E-state index contributed by atoms with van der Waals surface area (Å²) >= 11 is 0. The maximum Gasteiger partial charge on any atom is 0.257 e. The number of fused-ring (bicyclic) bond motifs is 1. The monoisotopic (exact) mass is 337 g/mol. The highest BCUT2D eigenvalue weighted by atomic mass is 16.2. The molecule has 6 heteroatoms. The number of piperidine rings is 1. The molecule has 1 fully saturated rings. The predicted octanol–water partition coefficient (Wildman–Crippen LogP) is 2.31. The van der Waals surface area contributed by atoms with Gasteiger partial charge in [-0.15, -0.1) is 0 Å². The summed E-state index contributed by atoms with van der Waals surface area (Å²) in [6, 6.07) is 5.86. The van der Waals surface area contributed by atoms with Crippen LogP contribution in [-0.4, -0.2) is 45.4 Å². The van der Waals surface area contributed by atoms with Gasteiger partial charge in [0.1, 0.15) is 0 Å². The van der Waals surface area contributed by atoms with E-state index in [1.807, 2.05) is 23.1 Å². The molecule has 1 amide bonds. The standard InChI is InChI=1S/C19H23N5O/c1-14-5-9-23(10-6-14)19-21-12-16-17(22-19)13-24(18(16)25)11-7-15-4-2-3-8-20-15/h2-4,8,12,14H,5-7,9-11,13H2,1H3. The Morgan fingerprint density at radius 2 is 2.04 bits per heavy atom. The van der Waals surface area contributed by atoms with E-state index in [-0.39, 0.29) is 5.91 Å². The summed E-state index contributed by atoms with van der Waals surface area (Å²) in [5.74, 6) is 1.57. The van der Waals surface area contributed by atoms with Gasteiger partial charge in [-0.05, 0) is 30.9 Å². The minimum absolute atomic E-state index is 0.0322. The van der Waals surface area contributed by atoms with E-state index in [0.29, 0.717) is 18.7 Å². The molecule has 0 spiro atoms. The Labute approximate surface area is 147 Å². The third-order valence-electron chi connectivity index (χ3n) is 5.14. The van der Waals surface area contributed by atoms with Crippen LogP contribution in [0.3, 0.4) is 0 Å². The lowest BCUT2D eigenvalue weighted by molar-refractivity contribution is 0.0779. The van der Waals surface area contributed by atoms with Crippen molar-refractivity contribution in [2.75, 3.05) is 24.5 Å². The molecule has 0 saturated carbocycles. The van der Waals surface area contributed by atoms with Crippen LogP contribution in [-0.2, 0) is 13.0 Å². The zero-order valence-electron chi connectivity index (χ0n) is 14.6. The van der Waals surface area contributed by atoms with Gasteiger partial charge in [-0.25, -0.2) is 9.97 Å². The Hall–Kier alpha value is -2.50. The molecule has 2 aromatic rings. The molecule has 0 aliphatic carbocycles. The molecule has 4 rings (SSSR count). The molecule has 130 valence electrons. The van der Waals surface area contributed by atoms with Gasteiger partial charge in [0.2, 0.25) is 5.95 Å². The molecule has 0 unspecified atom stereocenters. The molecular weight excluding hydrogens is 314 g/mol. The molecule has 25 heavy (non-hydrogen) atoms. The topological polar surface area (TPSA) is 62.2 Å². The van der Waals surface area contributed by atoms with E-state index in [1.54, 1.807) is 12.4 Å². The van der Waals surface area contributed by atoms with Crippen LogP contribution in [0.1, 0.15) is 41.5 Å². The number of anilines is 1. The van der Waals surface area contributed by atoms with Gasteiger partial charge in [0.25, 0.3) is 5.91 Å². The van der Waals surface area contributed by atoms with E-state index >= 15 is 0 Å². The Kier molecular flexibility index (Phi) is 4.34. The Morgan fingerprint density at radius 3 is 2.80 bits per heavy atom. The highest BCUT2D eigenvalue weighted by molar-refractivity contribution is 5.97. The van der Waals surface area contributed by atoms with Crippen LogP contribution in [0, 0.1) is 5.92 Å². The van der Waals surface area contributed by atoms with Gasteiger partial charge in [-0.1, -0.05) is 13.0 Å². The largest absolute Gasteiger partial charge is 0.341 e. The second-order valence-corrected chi connectivity index (χ2v) is 7.00. The lowest BCUT2D eigenvalue weighted by atomic mass is 10.00. The van der Waals surface area contributed by atoms with Crippen molar-refractivity contribution in [1.29, 1.82) is 0 Å². The minimum Gasteiger partial charge on any atom is -0.341 e. The number of pyridine rings is 1. The number of nitrogens with zero attached hydrogens (tertiary/aromatic N) is 5. The van der Waals surface area contributed by atoms with Gasteiger partial charge in [-0.3, -0.25) is 9.78 Å². The van der Waals surface area contributed by atoms with E-state index in [0.717, 1.165) is 42.8 Å². The van der Waals surface area contributed by atoms with Crippen LogP contribution < -0.4 is 4.90 Å². The predicted molar refractivity (Wildman–Crippen MR) is 95.3 cm³/mol. The summed E-state index contributed by atoms with van der Waals surface area (Å²) in [7, 11) is 0. The van der Waals surface area contributed by atoms with Crippen LogP contribution in [0.5, 0.6) is 0 Å². The molecule has 0 bridgehead atoms. The van der Waals surface area contributed by atoms with Crippen molar-refractivity contribution >= 4 is 11.9 Å². The summed E-state index contributed by atoms with van der Waals surface area (Å²) in [5, 5.41) is 0. The van der Waals surface area contributed by atoms with E-state index in [1.165, 1.54) is 12.8 Å². The molecule has 2 aliphatic heterocycles. The van der Waals surface area contributed by atoms with Gasteiger partial charge in [0, 0.05) is 44.1 Å². The zero-order valence-corrected chi connectivity index (χ0v) is 14.6. The summed E-state index contributed by atoms with van der Waals surface area (Å²) < 4.78 is 0. The Balaban J connectivity index is 1.44. The first-order valence-corrected chi connectivity index (χ1v) is 9.01. The average Bonchev–Trinajstić information content (AvgIpc) is 2.97. The molecule has 0 atom stereocenters. The van der Waals surface area contributed by atoms with E-state index in [2.05, 4.69) is 21.8 Å². The van der Waals surface area contributed by atoms with Crippen molar-refractivity contribution in [3.63, 3.8) is 0 Å². The van der Waals surface area contributed by atoms with Crippen molar-refractivity contribution in [2.24, 2.45) is 5.92 Å². The van der Waals surface area contributed by atoms with Crippen molar-refractivity contribution in [1.82, 2.24) is 19.9 Å². The molecule has 0 radical (unpaired) electrons. The molecule has 0 N–H and O–H groups in total. The van der Waals surface area contributed by atoms with Crippen molar-refractivity contribution in [3.8, 4) is 0 Å². The first-order valence-electron chi connectivity index (χ1n) is 9.01. The first-order chi connectivity index (χ1) is 12.2. The number of hydrogen-bond donors (Lipinski definition) is 0. The van der Waals surface area contributed by atoms with Crippen molar-refractivity contribution in [2.45, 2.75) is 32.7 Å². The number of carbonyl (C=O) groups is 1. The van der Waals surface area contributed by atoms with Gasteiger partial charge in [-0.2, -0.15) is 0 Å².